The molecule has 0 aliphatic heterocycles. The summed E-state index contributed by atoms with van der Waals surface area (Å²) in [7, 11) is -21.3. The summed E-state index contributed by atoms with van der Waals surface area (Å²) in [6.45, 7) is 6.69. The first kappa shape index (κ1) is 32.3. The third-order valence-corrected chi connectivity index (χ3v) is 3.66. The molecule has 0 unspecified atom stereocenters. The van der Waals surface area contributed by atoms with Gasteiger partial charge in [0.05, 0.1) is 0 Å². The summed E-state index contributed by atoms with van der Waals surface area (Å²) in [5.74, 6) is 0. The van der Waals surface area contributed by atoms with E-state index in [1.807, 2.05) is 0 Å². The first-order chi connectivity index (χ1) is 14.7. The van der Waals surface area contributed by atoms with Crippen LogP contribution in [-0.4, -0.2) is 0 Å². The molecular formula is C18H26F12N2P2. The number of nitrogens with zero attached hydrogens (tertiary/aromatic N) is 2. The van der Waals surface area contributed by atoms with Gasteiger partial charge in [0.2, 0.25) is 0 Å². The zero-order valence-electron chi connectivity index (χ0n) is 18.2. The van der Waals surface area contributed by atoms with E-state index in [4.69, 9.17) is 0 Å². The summed E-state index contributed by atoms with van der Waals surface area (Å²) < 4.78 is 123. The van der Waals surface area contributed by atoms with E-state index in [9.17, 15) is 50.4 Å². The number of hydrogen-bond acceptors (Lipinski definition) is 0. The van der Waals surface area contributed by atoms with Crippen molar-refractivity contribution in [2.75, 3.05) is 0 Å². The van der Waals surface area contributed by atoms with Crippen LogP contribution in [0.5, 0.6) is 0 Å². The zero-order chi connectivity index (χ0) is 27.0. The molecule has 2 aromatic heterocycles. The normalized spacial score (nSPS) is 15.8. The van der Waals surface area contributed by atoms with E-state index in [0.29, 0.717) is 0 Å². The van der Waals surface area contributed by atoms with Gasteiger partial charge in [-0.05, 0) is 11.1 Å². The molecule has 0 aromatic carbocycles. The van der Waals surface area contributed by atoms with Crippen molar-refractivity contribution in [3.63, 3.8) is 0 Å². The first-order valence-electron chi connectivity index (χ1n) is 9.85. The summed E-state index contributed by atoms with van der Waals surface area (Å²) in [4.78, 5) is 0. The molecule has 0 aliphatic rings. The van der Waals surface area contributed by atoms with Crippen molar-refractivity contribution in [1.29, 1.82) is 0 Å². The van der Waals surface area contributed by atoms with Crippen molar-refractivity contribution in [2.45, 2.75) is 52.6 Å². The van der Waals surface area contributed by atoms with Crippen molar-refractivity contribution < 1.29 is 59.5 Å². The molecule has 0 fully saturated rings. The van der Waals surface area contributed by atoms with Crippen LogP contribution in [0.2, 0.25) is 0 Å². The quantitative estimate of drug-likeness (QED) is 0.181. The molecule has 16 heteroatoms. The average molecular weight is 560 g/mol. The topological polar surface area (TPSA) is 7.76 Å². The SMILES string of the molecule is CCCC[n+]1ccc(-c2cc[n+](CCCC)cc2)cc1.F[P-](F)(F)(F)(F)F.F[P-](F)(F)(F)(F)F. The molecule has 2 heterocycles. The first-order valence-corrected chi connectivity index (χ1v) is 13.9. The molecule has 0 bridgehead atoms. The Balaban J connectivity index is 0.000000642. The predicted molar refractivity (Wildman–Crippen MR) is 109 cm³/mol. The van der Waals surface area contributed by atoms with Gasteiger partial charge < -0.3 is 0 Å². The Hall–Kier alpha value is -1.68. The van der Waals surface area contributed by atoms with Crippen LogP contribution in [0.4, 0.5) is 50.4 Å². The van der Waals surface area contributed by atoms with Gasteiger partial charge in [0.1, 0.15) is 13.1 Å². The van der Waals surface area contributed by atoms with Gasteiger partial charge in [0.25, 0.3) is 0 Å². The molecule has 0 N–H and O–H groups in total. The van der Waals surface area contributed by atoms with Crippen molar-refractivity contribution in [2.24, 2.45) is 0 Å². The van der Waals surface area contributed by atoms with Gasteiger partial charge in [-0.15, -0.1) is 0 Å². The van der Waals surface area contributed by atoms with Crippen molar-refractivity contribution >= 4 is 15.6 Å². The van der Waals surface area contributed by atoms with Gasteiger partial charge in [0, 0.05) is 37.1 Å². The molecule has 0 radical (unpaired) electrons. The summed E-state index contributed by atoms with van der Waals surface area (Å²) >= 11 is 0. The third-order valence-electron chi connectivity index (χ3n) is 3.66. The molecule has 0 saturated heterocycles. The van der Waals surface area contributed by atoms with Gasteiger partial charge in [-0.25, -0.2) is 9.13 Å². The number of aromatic nitrogens is 2. The van der Waals surface area contributed by atoms with Crippen molar-refractivity contribution in [1.82, 2.24) is 0 Å². The van der Waals surface area contributed by atoms with E-state index in [0.717, 1.165) is 13.1 Å². The van der Waals surface area contributed by atoms with E-state index >= 15 is 0 Å². The standard InChI is InChI=1S/C18H26N2.2F6P/c1-3-5-11-19-13-7-17(8-14-19)18-9-15-20(16-10-18)12-6-4-2;2*1-7(2,3,4,5)6/h7-10,13-16H,3-6,11-12H2,1-2H3;;/q+2;2*-1. The summed E-state index contributed by atoms with van der Waals surface area (Å²) in [6, 6.07) is 8.84. The second kappa shape index (κ2) is 9.76. The fourth-order valence-electron chi connectivity index (χ4n) is 2.28. The van der Waals surface area contributed by atoms with Gasteiger partial charge in [0.15, 0.2) is 24.8 Å². The van der Waals surface area contributed by atoms with Crippen molar-refractivity contribution in [3.8, 4) is 11.1 Å². The van der Waals surface area contributed by atoms with Gasteiger partial charge in [-0.1, -0.05) is 26.7 Å². The second-order valence-corrected chi connectivity index (χ2v) is 11.1. The Kier molecular flexibility index (Phi) is 9.28. The van der Waals surface area contributed by atoms with Crippen molar-refractivity contribution in [3.05, 3.63) is 49.1 Å². The molecule has 0 atom stereocenters. The molecule has 0 saturated carbocycles. The number of hydrogen-bond donors (Lipinski definition) is 0. The fourth-order valence-corrected chi connectivity index (χ4v) is 2.28. The van der Waals surface area contributed by atoms with Crippen LogP contribution >= 0.6 is 15.6 Å². The Labute approximate surface area is 188 Å². The molecule has 0 aliphatic carbocycles. The molecule has 2 rings (SSSR count). The Bertz CT molecular complexity index is 791. The van der Waals surface area contributed by atoms with Crippen LogP contribution in [0.25, 0.3) is 11.1 Å². The van der Waals surface area contributed by atoms with Crippen LogP contribution in [0.1, 0.15) is 39.5 Å². The van der Waals surface area contributed by atoms with E-state index in [-0.39, 0.29) is 0 Å². The number of halogens is 12. The summed E-state index contributed by atoms with van der Waals surface area (Å²) in [5, 5.41) is 0. The molecule has 0 spiro atoms. The Morgan fingerprint density at radius 1 is 0.500 bits per heavy atom. The molecule has 34 heavy (non-hydrogen) atoms. The monoisotopic (exact) mass is 560 g/mol. The number of unbranched alkanes of at least 4 members (excludes halogenated alkanes) is 2. The van der Waals surface area contributed by atoms with Crippen LogP contribution < -0.4 is 9.13 Å². The minimum absolute atomic E-state index is 1.11. The van der Waals surface area contributed by atoms with E-state index in [1.54, 1.807) is 0 Å². The van der Waals surface area contributed by atoms with Gasteiger partial charge in [-0.2, -0.15) is 0 Å². The van der Waals surface area contributed by atoms with E-state index in [1.165, 1.54) is 36.8 Å². The van der Waals surface area contributed by atoms with E-state index in [2.05, 4.69) is 72.0 Å². The predicted octanol–water partition coefficient (Wildman–Crippen LogP) is 10.3. The summed E-state index contributed by atoms with van der Waals surface area (Å²) in [6.07, 6.45) is 13.7. The maximum atomic E-state index is 9.87. The van der Waals surface area contributed by atoms with E-state index < -0.39 is 15.6 Å². The number of pyridine rings is 2. The van der Waals surface area contributed by atoms with Crippen LogP contribution in [0.3, 0.4) is 0 Å². The molecular weight excluding hydrogens is 534 g/mol. The zero-order valence-corrected chi connectivity index (χ0v) is 20.0. The minimum atomic E-state index is -10.7. The molecule has 2 nitrogen and oxygen atoms in total. The summed E-state index contributed by atoms with van der Waals surface area (Å²) in [5.41, 5.74) is 2.58. The Morgan fingerprint density at radius 2 is 0.706 bits per heavy atom. The van der Waals surface area contributed by atoms with Crippen LogP contribution in [0, 0.1) is 0 Å². The average Bonchev–Trinajstić information content (AvgIpc) is 2.60. The number of rotatable bonds is 7. The van der Waals surface area contributed by atoms with Gasteiger partial charge >= 0.3 is 66.0 Å². The third kappa shape index (κ3) is 28.4. The molecule has 202 valence electrons. The number of aryl methyl sites for hydroxylation is 2. The van der Waals surface area contributed by atoms with Crippen LogP contribution in [0.15, 0.2) is 49.1 Å². The second-order valence-electron chi connectivity index (χ2n) is 7.27. The van der Waals surface area contributed by atoms with Gasteiger partial charge in [-0.3, -0.25) is 0 Å². The Morgan fingerprint density at radius 3 is 0.882 bits per heavy atom. The maximum absolute atomic E-state index is 10.7. The van der Waals surface area contributed by atoms with Crippen LogP contribution in [-0.2, 0) is 13.1 Å². The molecule has 2 aromatic rings. The molecule has 0 amide bonds. The fraction of sp³-hybridized carbons (Fsp3) is 0.444.